The first-order chi connectivity index (χ1) is 4.80. The number of nitrogens with zero attached hydrogens (tertiary/aromatic N) is 1. The minimum atomic E-state index is 1.04. The van der Waals surface area contributed by atoms with Crippen LogP contribution in [0.4, 0.5) is 0 Å². The van der Waals surface area contributed by atoms with Gasteiger partial charge in [-0.05, 0) is 0 Å². The van der Waals surface area contributed by atoms with Crippen LogP contribution < -0.4 is 0 Å². The molecule has 0 aliphatic carbocycles. The van der Waals surface area contributed by atoms with Gasteiger partial charge in [-0.3, -0.25) is 0 Å². The summed E-state index contributed by atoms with van der Waals surface area (Å²) in [5, 5.41) is 0. The number of halogens is 2. The van der Waals surface area contributed by atoms with Crippen LogP contribution in [0.25, 0.3) is 0 Å². The zero-order valence-electron chi connectivity index (χ0n) is 5.56. The SMILES string of the molecule is Cc1c[c-]ncc1Br.[Zn+][Br]. The van der Waals surface area contributed by atoms with Crippen molar-refractivity contribution in [2.75, 3.05) is 0 Å². The third-order valence-electron chi connectivity index (χ3n) is 0.910. The Morgan fingerprint density at radius 1 is 1.60 bits per heavy atom. The number of rotatable bonds is 0. The van der Waals surface area contributed by atoms with Crippen LogP contribution in [0.5, 0.6) is 0 Å². The Labute approximate surface area is 85.8 Å². The topological polar surface area (TPSA) is 12.9 Å². The van der Waals surface area contributed by atoms with Gasteiger partial charge in [0.25, 0.3) is 0 Å². The number of hydrogen-bond donors (Lipinski definition) is 0. The summed E-state index contributed by atoms with van der Waals surface area (Å²) >= 11 is 7.56. The van der Waals surface area contributed by atoms with E-state index in [4.69, 9.17) is 0 Å². The van der Waals surface area contributed by atoms with Crippen molar-refractivity contribution in [1.29, 1.82) is 0 Å². The molecule has 4 heteroatoms. The zero-order valence-corrected chi connectivity index (χ0v) is 11.7. The monoisotopic (exact) mass is 313 g/mol. The number of aryl methyl sites for hydroxylation is 1. The summed E-state index contributed by atoms with van der Waals surface area (Å²) in [4.78, 5) is 3.77. The van der Waals surface area contributed by atoms with E-state index < -0.39 is 0 Å². The standard InChI is InChI=1S/C6H5BrN.BrH.Zn/c1-5-2-3-8-4-6(5)7;;/h2,4H,1H3;1H;/q-1;;+2/p-1. The molecule has 1 nitrogen and oxygen atoms in total. The second kappa shape index (κ2) is 6.44. The van der Waals surface area contributed by atoms with Crippen LogP contribution >= 0.6 is 29.6 Å². The van der Waals surface area contributed by atoms with Crippen molar-refractivity contribution in [3.8, 4) is 0 Å². The molecule has 0 atom stereocenters. The molecular weight excluding hydrogens is 311 g/mol. The molecule has 1 aromatic rings. The molecule has 0 amide bonds. The first kappa shape index (κ1) is 10.7. The molecule has 0 aliphatic rings. The first-order valence-electron chi connectivity index (χ1n) is 2.55. The van der Waals surface area contributed by atoms with E-state index in [1.54, 1.807) is 6.20 Å². The Hall–Kier alpha value is 0.733. The fourth-order valence-electron chi connectivity index (χ4n) is 0.399. The quantitative estimate of drug-likeness (QED) is 0.530. The Bertz CT molecular complexity index is 172. The van der Waals surface area contributed by atoms with Gasteiger partial charge in [0, 0.05) is 0 Å². The van der Waals surface area contributed by atoms with Gasteiger partial charge in [-0.25, -0.2) is 0 Å². The molecule has 0 saturated carbocycles. The molecule has 0 spiro atoms. The summed E-state index contributed by atoms with van der Waals surface area (Å²) in [6, 6.07) is 1.84. The molecule has 1 aromatic heterocycles. The first-order valence-corrected chi connectivity index (χ1v) is 10.3. The molecule has 0 aromatic carbocycles. The molecule has 0 fully saturated rings. The van der Waals surface area contributed by atoms with Crippen molar-refractivity contribution in [3.05, 3.63) is 28.5 Å². The summed E-state index contributed by atoms with van der Waals surface area (Å²) in [5.41, 5.74) is 1.17. The predicted molar refractivity (Wildman–Crippen MR) is 44.4 cm³/mol. The van der Waals surface area contributed by atoms with E-state index in [2.05, 4.69) is 40.7 Å². The van der Waals surface area contributed by atoms with Crippen LogP contribution in [0.2, 0.25) is 0 Å². The van der Waals surface area contributed by atoms with E-state index >= 15 is 0 Å². The normalized spacial score (nSPS) is 8.10. The van der Waals surface area contributed by atoms with Crippen LogP contribution in [0, 0.1) is 13.1 Å². The van der Waals surface area contributed by atoms with Gasteiger partial charge >= 0.3 is 30.0 Å². The molecule has 50 valence electrons. The third-order valence-corrected chi connectivity index (χ3v) is 1.74. The number of hydrogen-bond acceptors (Lipinski definition) is 1. The van der Waals surface area contributed by atoms with Gasteiger partial charge in [0.1, 0.15) is 0 Å². The molecule has 10 heavy (non-hydrogen) atoms. The zero-order chi connectivity index (χ0) is 7.98. The van der Waals surface area contributed by atoms with Crippen LogP contribution in [-0.2, 0) is 16.3 Å². The second-order valence-electron chi connectivity index (χ2n) is 1.56. The van der Waals surface area contributed by atoms with E-state index in [0.29, 0.717) is 0 Å². The van der Waals surface area contributed by atoms with Gasteiger partial charge in [-0.2, -0.15) is 6.07 Å². The van der Waals surface area contributed by atoms with E-state index in [1.807, 2.05) is 13.0 Å². The maximum absolute atomic E-state index is 3.77. The molecule has 0 aliphatic heterocycles. The fraction of sp³-hybridized carbons (Fsp3) is 0.167. The number of aromatic nitrogens is 1. The van der Waals surface area contributed by atoms with Gasteiger partial charge in [-0.1, -0.05) is 39.7 Å². The van der Waals surface area contributed by atoms with Gasteiger partial charge in [-0.15, -0.1) is 5.56 Å². The summed E-state index contributed by atoms with van der Waals surface area (Å²) in [7, 11) is 0. The molecule has 0 bridgehead atoms. The van der Waals surface area contributed by atoms with E-state index in [1.165, 1.54) is 21.9 Å². The minimum absolute atomic E-state index is 1.04. The van der Waals surface area contributed by atoms with Crippen LogP contribution in [0.3, 0.4) is 0 Å². The van der Waals surface area contributed by atoms with Crippen LogP contribution in [0.15, 0.2) is 16.7 Å². The van der Waals surface area contributed by atoms with Gasteiger partial charge in [0.15, 0.2) is 0 Å². The number of pyridine rings is 1. The Balaban J connectivity index is 0.000000371. The van der Waals surface area contributed by atoms with Gasteiger partial charge in [0.05, 0.1) is 0 Å². The molecular formula is C6H5Br2NZn. The molecule has 0 saturated heterocycles. The second-order valence-corrected chi connectivity index (χ2v) is 2.42. The van der Waals surface area contributed by atoms with Crippen molar-refractivity contribution in [1.82, 2.24) is 4.98 Å². The van der Waals surface area contributed by atoms with E-state index in [0.717, 1.165) is 4.47 Å². The molecule has 0 radical (unpaired) electrons. The Morgan fingerprint density at radius 3 is 2.50 bits per heavy atom. The Morgan fingerprint density at radius 2 is 2.20 bits per heavy atom. The van der Waals surface area contributed by atoms with Gasteiger partial charge in [0.2, 0.25) is 0 Å². The van der Waals surface area contributed by atoms with Crippen molar-refractivity contribution in [3.63, 3.8) is 0 Å². The molecule has 0 N–H and O–H groups in total. The summed E-state index contributed by atoms with van der Waals surface area (Å²) in [5.74, 6) is 0. The fourth-order valence-corrected chi connectivity index (χ4v) is 0.616. The summed E-state index contributed by atoms with van der Waals surface area (Å²) < 4.78 is 1.04. The predicted octanol–water partition coefficient (Wildman–Crippen LogP) is 2.80. The van der Waals surface area contributed by atoms with Crippen molar-refractivity contribution >= 4 is 29.6 Å². The molecule has 0 unspecified atom stereocenters. The average molecular weight is 316 g/mol. The maximum atomic E-state index is 3.77. The van der Waals surface area contributed by atoms with Crippen molar-refractivity contribution in [2.45, 2.75) is 6.92 Å². The molecule has 1 rings (SSSR count). The Kier molecular flexibility index (Phi) is 6.92. The summed E-state index contributed by atoms with van der Waals surface area (Å²) in [6.45, 7) is 2.00. The van der Waals surface area contributed by atoms with E-state index in [-0.39, 0.29) is 0 Å². The summed E-state index contributed by atoms with van der Waals surface area (Å²) in [6.07, 6.45) is 4.45. The van der Waals surface area contributed by atoms with Gasteiger partial charge < -0.3 is 4.98 Å². The van der Waals surface area contributed by atoms with Crippen LogP contribution in [-0.4, -0.2) is 4.98 Å². The van der Waals surface area contributed by atoms with E-state index in [9.17, 15) is 0 Å². The molecule has 1 heterocycles. The third kappa shape index (κ3) is 3.79. The van der Waals surface area contributed by atoms with Crippen molar-refractivity contribution < 1.29 is 16.3 Å². The van der Waals surface area contributed by atoms with Crippen molar-refractivity contribution in [2.24, 2.45) is 0 Å². The van der Waals surface area contributed by atoms with Crippen LogP contribution in [0.1, 0.15) is 5.56 Å². The average Bonchev–Trinajstić information content (AvgIpc) is 2.00.